The topological polar surface area (TPSA) is 186 Å². The van der Waals surface area contributed by atoms with E-state index >= 15 is 0 Å². The Morgan fingerprint density at radius 3 is 2.54 bits per heavy atom. The van der Waals surface area contributed by atoms with Crippen molar-refractivity contribution in [3.05, 3.63) is 11.5 Å². The van der Waals surface area contributed by atoms with E-state index in [2.05, 4.69) is 9.44 Å². The van der Waals surface area contributed by atoms with Crippen LogP contribution in [0.15, 0.2) is 16.6 Å². The van der Waals surface area contributed by atoms with Gasteiger partial charge >= 0.3 is 0 Å². The highest BCUT2D eigenvalue weighted by Gasteiger charge is 2.44. The Kier molecular flexibility index (Phi) is 9.63. The Hall–Kier alpha value is -0.580. The van der Waals surface area contributed by atoms with Gasteiger partial charge in [-0.25, -0.2) is 0 Å². The molecule has 152 valence electrons. The van der Waals surface area contributed by atoms with Crippen LogP contribution in [0.1, 0.15) is 12.8 Å². The molecular formula is C12H20NO10S3-. The van der Waals surface area contributed by atoms with Crippen LogP contribution in [0.3, 0.4) is 0 Å². The lowest BCUT2D eigenvalue weighted by atomic mass is 10.0. The van der Waals surface area contributed by atoms with Crippen molar-refractivity contribution in [1.29, 1.82) is 0 Å². The predicted molar refractivity (Wildman–Crippen MR) is 92.0 cm³/mol. The Morgan fingerprint density at radius 2 is 2.00 bits per heavy atom. The van der Waals surface area contributed by atoms with E-state index in [-0.39, 0.29) is 17.9 Å². The molecule has 0 bridgehead atoms. The highest BCUT2D eigenvalue weighted by atomic mass is 32.3. The van der Waals surface area contributed by atoms with Gasteiger partial charge in [0.25, 0.3) is 10.4 Å². The number of thioether (sulfide) groups is 1. The van der Waals surface area contributed by atoms with Crippen molar-refractivity contribution in [2.24, 2.45) is 5.16 Å². The Balaban J connectivity index is 2.87. The zero-order valence-corrected chi connectivity index (χ0v) is 16.0. The summed E-state index contributed by atoms with van der Waals surface area (Å²) >= 11 is 0.656. The third-order valence-corrected chi connectivity index (χ3v) is 5.15. The molecule has 1 unspecified atom stereocenters. The molecule has 11 nitrogen and oxygen atoms in total. The van der Waals surface area contributed by atoms with Crippen LogP contribution in [0.5, 0.6) is 0 Å². The molecule has 1 saturated heterocycles. The van der Waals surface area contributed by atoms with Gasteiger partial charge in [-0.15, -0.1) is 0 Å². The quantitative estimate of drug-likeness (QED) is 0.109. The van der Waals surface area contributed by atoms with Crippen molar-refractivity contribution in [1.82, 2.24) is 0 Å². The zero-order chi connectivity index (χ0) is 19.9. The summed E-state index contributed by atoms with van der Waals surface area (Å²) in [7, 11) is -6.29. The average Bonchev–Trinajstić information content (AvgIpc) is 2.55. The second-order valence-electron chi connectivity index (χ2n) is 5.19. The van der Waals surface area contributed by atoms with Gasteiger partial charge < -0.3 is 29.7 Å². The number of hydrogen-bond acceptors (Lipinski definition) is 12. The summed E-state index contributed by atoms with van der Waals surface area (Å²) in [6.07, 6.45) is -2.62. The van der Waals surface area contributed by atoms with Crippen molar-refractivity contribution in [3.8, 4) is 0 Å². The maximum Gasteiger partial charge on any atom is 0.284 e. The van der Waals surface area contributed by atoms with Gasteiger partial charge in [0, 0.05) is 23.5 Å². The summed E-state index contributed by atoms with van der Waals surface area (Å²) < 4.78 is 51.8. The molecular weight excluding hydrogens is 414 g/mol. The van der Waals surface area contributed by atoms with E-state index < -0.39 is 57.7 Å². The second-order valence-corrected chi connectivity index (χ2v) is 8.60. The van der Waals surface area contributed by atoms with Crippen molar-refractivity contribution >= 4 is 38.0 Å². The van der Waals surface area contributed by atoms with Crippen molar-refractivity contribution in [2.75, 3.05) is 12.9 Å². The fourth-order valence-corrected chi connectivity index (χ4v) is 3.64. The number of hydrogen-bond donors (Lipinski definition) is 4. The van der Waals surface area contributed by atoms with E-state index in [1.807, 2.05) is 0 Å². The summed E-state index contributed by atoms with van der Waals surface area (Å²) in [4.78, 5) is 0. The third kappa shape index (κ3) is 7.98. The van der Waals surface area contributed by atoms with E-state index in [4.69, 9.17) is 9.84 Å². The van der Waals surface area contributed by atoms with Crippen LogP contribution >= 0.6 is 11.8 Å². The summed E-state index contributed by atoms with van der Waals surface area (Å²) in [5.41, 5.74) is -1.22. The highest BCUT2D eigenvalue weighted by Crippen LogP contribution is 2.30. The van der Waals surface area contributed by atoms with E-state index in [9.17, 15) is 32.5 Å². The Morgan fingerprint density at radius 1 is 1.35 bits per heavy atom. The Labute approximate surface area is 157 Å². The molecule has 1 heterocycles. The zero-order valence-electron chi connectivity index (χ0n) is 13.6. The molecule has 14 heteroatoms. The number of nitrogens with zero attached hydrogens (tertiary/aromatic N) is 1. The minimum Gasteiger partial charge on any atom is -0.714 e. The Bertz CT molecular complexity index is 635. The normalized spacial score (nSPS) is 31.9. The van der Waals surface area contributed by atoms with Gasteiger partial charge in [-0.3, -0.25) is 8.49 Å². The molecule has 0 aromatic heterocycles. The average molecular weight is 434 g/mol. The number of allylic oxidation sites excluding steroid dienone is 1. The molecule has 0 saturated carbocycles. The first-order valence-corrected chi connectivity index (χ1v) is 11.1. The SMILES string of the molecule is CS(=O)/C=C\CC/C(=N\OS(=O)(=O)[O-])S[C@@H]1O[C@H](CO)[C@@H](O)[C@H](O)[C@H]1O. The van der Waals surface area contributed by atoms with E-state index in [0.29, 0.717) is 11.8 Å². The van der Waals surface area contributed by atoms with Gasteiger partial charge in [0.05, 0.1) is 6.61 Å². The number of aliphatic hydroxyl groups excluding tert-OH is 4. The maximum absolute atomic E-state index is 11.0. The number of oxime groups is 1. The van der Waals surface area contributed by atoms with E-state index in [0.717, 1.165) is 0 Å². The van der Waals surface area contributed by atoms with Crippen molar-refractivity contribution in [3.63, 3.8) is 0 Å². The molecule has 0 aromatic rings. The monoisotopic (exact) mass is 434 g/mol. The number of ether oxygens (including phenoxy) is 1. The van der Waals surface area contributed by atoms with Crippen LogP contribution in [-0.4, -0.2) is 85.4 Å². The summed E-state index contributed by atoms with van der Waals surface area (Å²) in [5, 5.41) is 43.1. The lowest BCUT2D eigenvalue weighted by Crippen LogP contribution is -2.57. The first-order valence-electron chi connectivity index (χ1n) is 7.22. The molecule has 0 aromatic carbocycles. The van der Waals surface area contributed by atoms with E-state index in [1.165, 1.54) is 17.7 Å². The van der Waals surface area contributed by atoms with Gasteiger partial charge in [-0.05, 0) is 11.8 Å². The molecule has 1 aliphatic rings. The fraction of sp³-hybridized carbons (Fsp3) is 0.750. The van der Waals surface area contributed by atoms with Crippen LogP contribution in [0, 0.1) is 0 Å². The molecule has 1 rings (SSSR count). The predicted octanol–water partition coefficient (Wildman–Crippen LogP) is -2.02. The molecule has 1 aliphatic heterocycles. The van der Waals surface area contributed by atoms with Crippen LogP contribution in [0.4, 0.5) is 0 Å². The maximum atomic E-state index is 11.0. The number of rotatable bonds is 8. The first-order chi connectivity index (χ1) is 12.0. The van der Waals surface area contributed by atoms with Crippen LogP contribution < -0.4 is 0 Å². The lowest BCUT2D eigenvalue weighted by Gasteiger charge is -2.39. The third-order valence-electron chi connectivity index (χ3n) is 3.14. The molecule has 0 radical (unpaired) electrons. The van der Waals surface area contributed by atoms with Crippen LogP contribution in [0.2, 0.25) is 0 Å². The lowest BCUT2D eigenvalue weighted by molar-refractivity contribution is -0.205. The minimum atomic E-state index is -5.10. The van der Waals surface area contributed by atoms with Crippen molar-refractivity contribution in [2.45, 2.75) is 42.7 Å². The summed E-state index contributed by atoms with van der Waals surface area (Å²) in [6, 6.07) is 0. The van der Waals surface area contributed by atoms with Gasteiger partial charge in [0.2, 0.25) is 0 Å². The van der Waals surface area contributed by atoms with Gasteiger partial charge in [-0.1, -0.05) is 23.0 Å². The standard InChI is InChI=1S/C12H21NO10S3/c1-25(18)5-3-2-4-8(13-23-26(19,20)21)24-12-11(17)10(16)9(15)7(6-14)22-12/h3,5,7,9-12,14-17H,2,4,6H2,1H3,(H,19,20,21)/p-1/b5-3-,13-8+/t7-,9-,10+,11-,12+,25?/m1/s1. The summed E-state index contributed by atoms with van der Waals surface area (Å²) in [5.74, 6) is 0. The molecule has 4 N–H and O–H groups in total. The van der Waals surface area contributed by atoms with Crippen LogP contribution in [-0.2, 0) is 30.2 Å². The molecule has 26 heavy (non-hydrogen) atoms. The van der Waals surface area contributed by atoms with Gasteiger partial charge in [0.1, 0.15) is 34.9 Å². The van der Waals surface area contributed by atoms with Crippen molar-refractivity contribution < 1.29 is 46.6 Å². The molecule has 6 atom stereocenters. The highest BCUT2D eigenvalue weighted by molar-refractivity contribution is 8.14. The van der Waals surface area contributed by atoms with E-state index in [1.54, 1.807) is 0 Å². The molecule has 1 fully saturated rings. The summed E-state index contributed by atoms with van der Waals surface area (Å²) in [6.45, 7) is -0.634. The smallest absolute Gasteiger partial charge is 0.284 e. The molecule has 0 aliphatic carbocycles. The number of aliphatic hydroxyl groups is 4. The molecule has 0 amide bonds. The van der Waals surface area contributed by atoms with Crippen LogP contribution in [0.25, 0.3) is 0 Å². The first kappa shape index (κ1) is 23.5. The minimum absolute atomic E-state index is 0.0446. The van der Waals surface area contributed by atoms with Gasteiger partial charge in [0.15, 0.2) is 0 Å². The van der Waals surface area contributed by atoms with Gasteiger partial charge in [-0.2, -0.15) is 8.42 Å². The fourth-order valence-electron chi connectivity index (χ4n) is 1.92. The largest absolute Gasteiger partial charge is 0.714 e. The second kappa shape index (κ2) is 10.7. The molecule has 0 spiro atoms.